The van der Waals surface area contributed by atoms with E-state index in [9.17, 15) is 9.59 Å². The zero-order valence-electron chi connectivity index (χ0n) is 12.8. The van der Waals surface area contributed by atoms with Gasteiger partial charge in [-0.2, -0.15) is 0 Å². The number of ether oxygens (including phenoxy) is 1. The molecule has 21 heavy (non-hydrogen) atoms. The van der Waals surface area contributed by atoms with Crippen LogP contribution >= 0.6 is 0 Å². The second-order valence-electron chi connectivity index (χ2n) is 6.49. The molecular weight excluding hydrogens is 268 g/mol. The summed E-state index contributed by atoms with van der Waals surface area (Å²) >= 11 is 0. The Labute approximate surface area is 126 Å². The van der Waals surface area contributed by atoms with Gasteiger partial charge in [-0.25, -0.2) is 0 Å². The minimum Gasteiger partial charge on any atom is -0.368 e. The van der Waals surface area contributed by atoms with Gasteiger partial charge >= 0.3 is 0 Å². The van der Waals surface area contributed by atoms with Crippen molar-refractivity contribution in [3.05, 3.63) is 0 Å². The molecule has 2 saturated heterocycles. The van der Waals surface area contributed by atoms with Gasteiger partial charge in [-0.15, -0.1) is 0 Å². The minimum absolute atomic E-state index is 0.122. The Bertz CT molecular complexity index is 379. The molecule has 5 nitrogen and oxygen atoms in total. The molecule has 0 radical (unpaired) electrons. The van der Waals surface area contributed by atoms with Gasteiger partial charge in [0.25, 0.3) is 5.91 Å². The molecule has 0 N–H and O–H groups in total. The van der Waals surface area contributed by atoms with E-state index in [1.165, 1.54) is 19.3 Å². The lowest BCUT2D eigenvalue weighted by atomic mass is 9.88. The van der Waals surface area contributed by atoms with Gasteiger partial charge in [0.1, 0.15) is 6.10 Å². The fourth-order valence-corrected chi connectivity index (χ4v) is 3.73. The van der Waals surface area contributed by atoms with Crippen LogP contribution < -0.4 is 0 Å². The molecule has 2 heterocycles. The number of hydrogen-bond donors (Lipinski definition) is 0. The summed E-state index contributed by atoms with van der Waals surface area (Å²) in [5.41, 5.74) is 0. The maximum absolute atomic E-state index is 12.5. The highest BCUT2D eigenvalue weighted by molar-refractivity contribution is 5.82. The lowest BCUT2D eigenvalue weighted by Gasteiger charge is -2.37. The Kier molecular flexibility index (Phi) is 4.78. The zero-order valence-corrected chi connectivity index (χ0v) is 12.8. The fourth-order valence-electron chi connectivity index (χ4n) is 3.73. The van der Waals surface area contributed by atoms with Gasteiger partial charge in [-0.1, -0.05) is 19.3 Å². The molecule has 1 aliphatic carbocycles. The summed E-state index contributed by atoms with van der Waals surface area (Å²) in [4.78, 5) is 28.6. The van der Waals surface area contributed by atoms with Gasteiger partial charge in [0.15, 0.2) is 0 Å². The molecule has 0 bridgehead atoms. The number of piperazine rings is 1. The Morgan fingerprint density at radius 2 is 1.38 bits per heavy atom. The Balaban J connectivity index is 1.48. The lowest BCUT2D eigenvalue weighted by Crippen LogP contribution is -2.54. The van der Waals surface area contributed by atoms with E-state index in [4.69, 9.17) is 4.74 Å². The van der Waals surface area contributed by atoms with Crippen LogP contribution in [-0.2, 0) is 14.3 Å². The number of rotatable bonds is 2. The number of nitrogens with zero attached hydrogens (tertiary/aromatic N) is 2. The Morgan fingerprint density at radius 1 is 0.762 bits per heavy atom. The van der Waals surface area contributed by atoms with Crippen LogP contribution in [0, 0.1) is 5.92 Å². The van der Waals surface area contributed by atoms with Crippen molar-refractivity contribution in [2.24, 2.45) is 5.92 Å². The minimum atomic E-state index is -0.231. The van der Waals surface area contributed by atoms with E-state index in [2.05, 4.69) is 0 Å². The number of carbonyl (C=O) groups excluding carboxylic acids is 2. The number of amides is 2. The van der Waals surface area contributed by atoms with Crippen molar-refractivity contribution in [1.82, 2.24) is 9.80 Å². The molecule has 118 valence electrons. The van der Waals surface area contributed by atoms with Crippen LogP contribution in [0.3, 0.4) is 0 Å². The van der Waals surface area contributed by atoms with Crippen molar-refractivity contribution in [3.8, 4) is 0 Å². The topological polar surface area (TPSA) is 49.9 Å². The summed E-state index contributed by atoms with van der Waals surface area (Å²) in [6.45, 7) is 3.41. The molecule has 3 aliphatic rings. The molecule has 1 saturated carbocycles. The third kappa shape index (κ3) is 3.39. The second-order valence-corrected chi connectivity index (χ2v) is 6.49. The van der Waals surface area contributed by atoms with Gasteiger partial charge in [0.2, 0.25) is 5.91 Å². The molecule has 3 fully saturated rings. The van der Waals surface area contributed by atoms with Crippen LogP contribution in [0.5, 0.6) is 0 Å². The molecule has 2 amide bonds. The molecule has 0 aromatic heterocycles. The van der Waals surface area contributed by atoms with Gasteiger partial charge in [0.05, 0.1) is 0 Å². The maximum atomic E-state index is 12.5. The first-order valence-electron chi connectivity index (χ1n) is 8.45. The fraction of sp³-hybridized carbons (Fsp3) is 0.875. The summed E-state index contributed by atoms with van der Waals surface area (Å²) in [7, 11) is 0. The molecule has 1 unspecified atom stereocenters. The highest BCUT2D eigenvalue weighted by Gasteiger charge is 2.33. The van der Waals surface area contributed by atoms with Crippen LogP contribution in [0.2, 0.25) is 0 Å². The number of carbonyl (C=O) groups is 2. The summed E-state index contributed by atoms with van der Waals surface area (Å²) < 4.78 is 5.47. The molecule has 0 aromatic rings. The molecule has 0 aromatic carbocycles. The van der Waals surface area contributed by atoms with Crippen molar-refractivity contribution >= 4 is 11.8 Å². The van der Waals surface area contributed by atoms with E-state index >= 15 is 0 Å². The zero-order chi connectivity index (χ0) is 14.7. The second kappa shape index (κ2) is 6.77. The van der Waals surface area contributed by atoms with Crippen LogP contribution in [0.4, 0.5) is 0 Å². The summed E-state index contributed by atoms with van der Waals surface area (Å²) in [5.74, 6) is 0.676. The SMILES string of the molecule is O=C(C1CCCCC1)N1CCN(C(=O)C2CCCO2)CC1. The maximum Gasteiger partial charge on any atom is 0.251 e. The first kappa shape index (κ1) is 14.8. The van der Waals surface area contributed by atoms with Gasteiger partial charge in [0, 0.05) is 38.7 Å². The molecule has 5 heteroatoms. The first-order chi connectivity index (χ1) is 10.3. The van der Waals surface area contributed by atoms with E-state index in [1.54, 1.807) is 0 Å². The number of hydrogen-bond acceptors (Lipinski definition) is 3. The standard InChI is InChI=1S/C16H26N2O3/c19-15(13-5-2-1-3-6-13)17-8-10-18(11-9-17)16(20)14-7-4-12-21-14/h13-14H,1-12H2. The van der Waals surface area contributed by atoms with Gasteiger partial charge < -0.3 is 14.5 Å². The predicted octanol–water partition coefficient (Wildman–Crippen LogP) is 1.42. The average molecular weight is 294 g/mol. The highest BCUT2D eigenvalue weighted by Crippen LogP contribution is 2.26. The molecular formula is C16H26N2O3. The molecule has 2 aliphatic heterocycles. The van der Waals surface area contributed by atoms with E-state index in [1.807, 2.05) is 9.80 Å². The summed E-state index contributed by atoms with van der Waals surface area (Å²) in [6.07, 6.45) is 7.35. The molecule has 3 rings (SSSR count). The van der Waals surface area contributed by atoms with Crippen LogP contribution in [0.1, 0.15) is 44.9 Å². The van der Waals surface area contributed by atoms with Crippen LogP contribution in [0.15, 0.2) is 0 Å². The van der Waals surface area contributed by atoms with Crippen molar-refractivity contribution in [1.29, 1.82) is 0 Å². The van der Waals surface area contributed by atoms with E-state index in [0.717, 1.165) is 25.7 Å². The quantitative estimate of drug-likeness (QED) is 0.774. The Morgan fingerprint density at radius 3 is 1.95 bits per heavy atom. The summed E-state index contributed by atoms with van der Waals surface area (Å²) in [6, 6.07) is 0. The Hall–Kier alpha value is -1.10. The average Bonchev–Trinajstić information content (AvgIpc) is 3.09. The van der Waals surface area contributed by atoms with Crippen molar-refractivity contribution in [2.75, 3.05) is 32.8 Å². The third-order valence-corrected chi connectivity index (χ3v) is 5.06. The van der Waals surface area contributed by atoms with Gasteiger partial charge in [-0.05, 0) is 25.7 Å². The highest BCUT2D eigenvalue weighted by atomic mass is 16.5. The van der Waals surface area contributed by atoms with E-state index < -0.39 is 0 Å². The van der Waals surface area contributed by atoms with Gasteiger partial charge in [-0.3, -0.25) is 9.59 Å². The van der Waals surface area contributed by atoms with Crippen molar-refractivity contribution in [2.45, 2.75) is 51.0 Å². The molecule has 1 atom stereocenters. The largest absolute Gasteiger partial charge is 0.368 e. The monoisotopic (exact) mass is 294 g/mol. The van der Waals surface area contributed by atoms with Crippen LogP contribution in [-0.4, -0.2) is 60.5 Å². The predicted molar refractivity (Wildman–Crippen MR) is 78.7 cm³/mol. The molecule has 0 spiro atoms. The smallest absolute Gasteiger partial charge is 0.251 e. The van der Waals surface area contributed by atoms with E-state index in [0.29, 0.717) is 38.7 Å². The van der Waals surface area contributed by atoms with Crippen molar-refractivity contribution in [3.63, 3.8) is 0 Å². The lowest BCUT2D eigenvalue weighted by molar-refractivity contribution is -0.147. The third-order valence-electron chi connectivity index (χ3n) is 5.06. The van der Waals surface area contributed by atoms with Crippen LogP contribution in [0.25, 0.3) is 0 Å². The normalized spacial score (nSPS) is 27.9. The van der Waals surface area contributed by atoms with E-state index in [-0.39, 0.29) is 17.9 Å². The first-order valence-corrected chi connectivity index (χ1v) is 8.45. The summed E-state index contributed by atoms with van der Waals surface area (Å²) in [5, 5.41) is 0. The van der Waals surface area contributed by atoms with Crippen molar-refractivity contribution < 1.29 is 14.3 Å².